The number of methoxy groups -OCH3 is 1. The first kappa shape index (κ1) is 90.0. The van der Waals surface area contributed by atoms with Crippen molar-refractivity contribution in [2.24, 2.45) is 4.99 Å². The van der Waals surface area contributed by atoms with Crippen LogP contribution in [0.1, 0.15) is 107 Å². The number of likely N-dealkylation sites (N-methyl/N-ethyl adjacent to an activating group) is 1. The van der Waals surface area contributed by atoms with Crippen LogP contribution in [0, 0.1) is 0 Å². The standard InChI is InChI=1S/C32H34ClN3O5.C28H33ClN4O4.C28H30ClN3O7S/c1-21(2)40-31(38)28-22(3)34-32(39)36(29(28)24-10-8-11-25(33)20-24)19-9-18-35(4)30(37)23-14-16-27(17-15-23)41-26-12-6-5-7-13-26;1-19(2)37-26(34)24-20(3)30-27(36-4)33(25(24)21-10-8-11-22(29)18-21)15-9-14-31-16-17-32(28(31)35)23-12-6-5-7-13-23;1-20(2)39-27(34)18-32(24-13-7-11-22(29)15-24)40(36,37)25-14-8-12-23(16-25)30-26(33)17-31(3)28(35)38-19-21-9-5-4-6-10-21/h5-8,10-17,20-21,29H,9,18-19H2,1-4H3,(H,34,39);5-8,10-13,18-19,25H,9,14-17H2,1-4H3;4-16,20H,17-19H2,1-3H3,(H,30,33). The lowest BCUT2D eigenvalue weighted by molar-refractivity contribution is -0.146. The van der Waals surface area contributed by atoms with Gasteiger partial charge in [-0.15, -0.1) is 0 Å². The number of hydrogen-bond acceptors (Lipinski definition) is 18. The van der Waals surface area contributed by atoms with Gasteiger partial charge in [0.2, 0.25) is 5.91 Å². The van der Waals surface area contributed by atoms with Crippen LogP contribution in [0.25, 0.3) is 0 Å². The highest BCUT2D eigenvalue weighted by atomic mass is 35.5. The largest absolute Gasteiger partial charge is 0.468 e. The molecule has 3 heterocycles. The number of rotatable bonds is 29. The van der Waals surface area contributed by atoms with E-state index in [2.05, 4.69) is 15.6 Å². The Hall–Kier alpha value is -11.9. The van der Waals surface area contributed by atoms with Gasteiger partial charge in [0.15, 0.2) is 0 Å². The number of anilines is 3. The van der Waals surface area contributed by atoms with Gasteiger partial charge in [-0.05, 0) is 194 Å². The number of amidine groups is 1. The van der Waals surface area contributed by atoms with Crippen LogP contribution in [0.3, 0.4) is 0 Å². The summed E-state index contributed by atoms with van der Waals surface area (Å²) in [6, 6.07) is 60.2. The number of ether oxygens (including phenoxy) is 6. The molecule has 0 spiro atoms. The number of esters is 3. The van der Waals surface area contributed by atoms with E-state index >= 15 is 0 Å². The second kappa shape index (κ2) is 42.8. The van der Waals surface area contributed by atoms with Crippen molar-refractivity contribution in [2.45, 2.75) is 110 Å². The van der Waals surface area contributed by atoms with Gasteiger partial charge in [0, 0.05) is 91.1 Å². The average molecular weight is 1690 g/mol. The fourth-order valence-electron chi connectivity index (χ4n) is 12.9. The fraction of sp³-hybridized carbons (Fsp3) is 0.307. The zero-order chi connectivity index (χ0) is 85.3. The van der Waals surface area contributed by atoms with Crippen LogP contribution in [0.5, 0.6) is 11.5 Å². The van der Waals surface area contributed by atoms with Crippen LogP contribution in [0.2, 0.25) is 15.1 Å². The second-order valence-electron chi connectivity index (χ2n) is 28.4. The van der Waals surface area contributed by atoms with Crippen LogP contribution in [0.4, 0.5) is 31.4 Å². The van der Waals surface area contributed by atoms with Crippen molar-refractivity contribution >= 4 is 116 Å². The molecule has 8 aromatic rings. The number of amides is 7. The molecule has 0 aliphatic carbocycles. The number of allylic oxidation sites excluding steroid dienone is 2. The van der Waals surface area contributed by atoms with Crippen molar-refractivity contribution in [3.8, 4) is 11.5 Å². The molecule has 26 nitrogen and oxygen atoms in total. The first-order valence-electron chi connectivity index (χ1n) is 38.2. The summed E-state index contributed by atoms with van der Waals surface area (Å²) >= 11 is 18.7. The monoisotopic (exact) mass is 1690 g/mol. The molecule has 0 radical (unpaired) electrons. The summed E-state index contributed by atoms with van der Waals surface area (Å²) in [5.74, 6) is -1.04. The Kier molecular flexibility index (Phi) is 32.7. The molecule has 0 bridgehead atoms. The summed E-state index contributed by atoms with van der Waals surface area (Å²) < 4.78 is 61.1. The first-order chi connectivity index (χ1) is 56.4. The smallest absolute Gasteiger partial charge is 0.410 e. The van der Waals surface area contributed by atoms with Crippen LogP contribution < -0.4 is 24.6 Å². The molecule has 7 amide bonds. The number of hydrogen-bond donors (Lipinski definition) is 2. The Labute approximate surface area is 703 Å². The topological polar surface area (TPSA) is 285 Å². The molecular formula is C88H97Cl3N10O16S. The van der Waals surface area contributed by atoms with Crippen LogP contribution in [-0.2, 0) is 59.5 Å². The molecule has 11 rings (SSSR count). The number of sulfonamides is 1. The first-order valence-corrected chi connectivity index (χ1v) is 40.8. The number of para-hydroxylation sites is 2. The van der Waals surface area contributed by atoms with Crippen molar-refractivity contribution in [2.75, 3.05) is 88.1 Å². The molecule has 30 heteroatoms. The van der Waals surface area contributed by atoms with Gasteiger partial charge in [0.05, 0.1) is 64.9 Å². The molecule has 3 aliphatic heterocycles. The van der Waals surface area contributed by atoms with E-state index in [1.165, 1.54) is 43.4 Å². The van der Waals surface area contributed by atoms with E-state index < -0.39 is 64.7 Å². The van der Waals surface area contributed by atoms with Crippen molar-refractivity contribution in [1.82, 2.24) is 29.8 Å². The maximum atomic E-state index is 13.7. The van der Waals surface area contributed by atoms with Crippen molar-refractivity contribution in [3.05, 3.63) is 272 Å². The van der Waals surface area contributed by atoms with Crippen LogP contribution in [-0.4, -0.2) is 179 Å². The molecule has 8 aromatic carbocycles. The minimum atomic E-state index is -4.29. The minimum absolute atomic E-state index is 0.00573. The van der Waals surface area contributed by atoms with Gasteiger partial charge in [-0.3, -0.25) is 23.6 Å². The zero-order valence-corrected chi connectivity index (χ0v) is 70.6. The van der Waals surface area contributed by atoms with Gasteiger partial charge in [-0.1, -0.05) is 138 Å². The molecule has 1 saturated heterocycles. The summed E-state index contributed by atoms with van der Waals surface area (Å²) in [5, 5.41) is 6.72. The highest BCUT2D eigenvalue weighted by Crippen LogP contribution is 2.39. The predicted molar refractivity (Wildman–Crippen MR) is 454 cm³/mol. The zero-order valence-electron chi connectivity index (χ0n) is 67.5. The Morgan fingerprint density at radius 3 is 1.73 bits per heavy atom. The molecule has 2 atom stereocenters. The Bertz CT molecular complexity index is 5060. The van der Waals surface area contributed by atoms with Gasteiger partial charge in [-0.2, -0.15) is 0 Å². The number of nitrogens with zero attached hydrogens (tertiary/aromatic N) is 8. The lowest BCUT2D eigenvalue weighted by atomic mass is 9.93. The number of carbonyl (C=O) groups excluding carboxylic acids is 8. The highest BCUT2D eigenvalue weighted by Gasteiger charge is 2.41. The third kappa shape index (κ3) is 25.1. The number of aliphatic imine (C=N–C) groups is 1. The van der Waals surface area contributed by atoms with Gasteiger partial charge >= 0.3 is 36.1 Å². The third-order valence-electron chi connectivity index (χ3n) is 18.3. The fourth-order valence-corrected chi connectivity index (χ4v) is 15.0. The Morgan fingerprint density at radius 1 is 0.585 bits per heavy atom. The average Bonchev–Trinajstić information content (AvgIpc) is 0.862. The SMILES string of the molecule is CC(C)OC(=O)CN(c1cccc(Cl)c1)S(=O)(=O)c1cccc(NC(=O)CN(C)C(=O)OCc2ccccc2)c1.CC1=C(C(=O)OC(C)C)C(c2cccc(Cl)c2)N(CCCN(C)C(=O)c2ccc(Oc3ccccc3)cc2)C(=O)N1.COC1=NC(C)=C(C(=O)OC(C)C)C(c2cccc(Cl)c2)N1CCCN1CCN(c2ccccc2)C1=O. The quantitative estimate of drug-likeness (QED) is 0.0325. The number of urea groups is 2. The van der Waals surface area contributed by atoms with E-state index in [1.54, 1.807) is 131 Å². The normalized spacial score (nSPS) is 14.6. The summed E-state index contributed by atoms with van der Waals surface area (Å²) in [7, 11) is 0.399. The van der Waals surface area contributed by atoms with Crippen molar-refractivity contribution in [3.63, 3.8) is 0 Å². The maximum Gasteiger partial charge on any atom is 0.410 e. The lowest BCUT2D eigenvalue weighted by Crippen LogP contribution is -2.49. The summed E-state index contributed by atoms with van der Waals surface area (Å²) in [5.41, 5.74) is 5.87. The lowest BCUT2D eigenvalue weighted by Gasteiger charge is -2.38. The van der Waals surface area contributed by atoms with Gasteiger partial charge in [0.25, 0.3) is 22.0 Å². The molecule has 118 heavy (non-hydrogen) atoms. The maximum absolute atomic E-state index is 13.7. The van der Waals surface area contributed by atoms with E-state index in [0.717, 1.165) is 26.0 Å². The molecular weight excluding hydrogens is 1590 g/mol. The molecule has 2 unspecified atom stereocenters. The van der Waals surface area contributed by atoms with Crippen LogP contribution in [0.15, 0.2) is 245 Å². The van der Waals surface area contributed by atoms with Crippen molar-refractivity contribution in [1.29, 1.82) is 0 Å². The molecule has 622 valence electrons. The summed E-state index contributed by atoms with van der Waals surface area (Å²) in [6.45, 7) is 16.1. The van der Waals surface area contributed by atoms with E-state index in [9.17, 15) is 46.8 Å². The molecule has 1 fully saturated rings. The number of benzene rings is 8. The van der Waals surface area contributed by atoms with E-state index in [4.69, 9.17) is 63.2 Å². The minimum Gasteiger partial charge on any atom is -0.468 e. The molecule has 0 saturated carbocycles. The highest BCUT2D eigenvalue weighted by molar-refractivity contribution is 7.92. The van der Waals surface area contributed by atoms with Gasteiger partial charge < -0.3 is 63.6 Å². The number of halogens is 3. The molecule has 3 aliphatic rings. The molecule has 2 N–H and O–H groups in total. The van der Waals surface area contributed by atoms with Crippen molar-refractivity contribution < 1.29 is 75.2 Å². The number of carbonyl (C=O) groups is 8. The summed E-state index contributed by atoms with van der Waals surface area (Å²) in [6.07, 6.45) is -0.604. The van der Waals surface area contributed by atoms with E-state index in [0.29, 0.717) is 107 Å². The number of nitrogens with one attached hydrogen (secondary N) is 2. The second-order valence-corrected chi connectivity index (χ2v) is 31.6. The summed E-state index contributed by atoms with van der Waals surface area (Å²) in [4.78, 5) is 117. The molecule has 0 aromatic heterocycles. The van der Waals surface area contributed by atoms with Gasteiger partial charge in [-0.25, -0.2) is 37.4 Å². The predicted octanol–water partition coefficient (Wildman–Crippen LogP) is 16.5. The third-order valence-corrected chi connectivity index (χ3v) is 20.8. The van der Waals surface area contributed by atoms with Crippen LogP contribution >= 0.6 is 34.8 Å². The van der Waals surface area contributed by atoms with E-state index in [-0.39, 0.29) is 71.2 Å². The Morgan fingerprint density at radius 2 is 1.14 bits per heavy atom. The van der Waals surface area contributed by atoms with E-state index in [1.807, 2.05) is 139 Å². The van der Waals surface area contributed by atoms with Gasteiger partial charge in [0.1, 0.15) is 31.2 Å². The Balaban J connectivity index is 0.000000202.